The number of halogens is 3. The van der Waals surface area contributed by atoms with Crippen molar-refractivity contribution < 1.29 is 18.0 Å². The van der Waals surface area contributed by atoms with E-state index in [1.807, 2.05) is 0 Å². The summed E-state index contributed by atoms with van der Waals surface area (Å²) in [4.78, 5) is 27.6. The molecule has 0 radical (unpaired) electrons. The maximum atomic E-state index is 13.1. The van der Waals surface area contributed by atoms with Crippen molar-refractivity contribution in [2.75, 3.05) is 5.32 Å². The van der Waals surface area contributed by atoms with E-state index in [0.717, 1.165) is 54.3 Å². The molecular weight excluding hydrogens is 369 g/mol. The Balaban J connectivity index is 1.70. The first-order valence-electron chi connectivity index (χ1n) is 9.00. The molecule has 2 aromatic carbocycles. The Hall–Kier alpha value is -3.09. The number of anilines is 1. The molecular formula is C21H17F3N2O2. The summed E-state index contributed by atoms with van der Waals surface area (Å²) in [5, 5.41) is 3.41. The number of carbonyl (C=O) groups is 1. The van der Waals surface area contributed by atoms with Crippen LogP contribution in [0.3, 0.4) is 0 Å². The highest BCUT2D eigenvalue weighted by atomic mass is 19.4. The highest BCUT2D eigenvalue weighted by molar-refractivity contribution is 6.06. The Kier molecular flexibility index (Phi) is 4.45. The Morgan fingerprint density at radius 3 is 2.46 bits per heavy atom. The van der Waals surface area contributed by atoms with Crippen LogP contribution in [-0.2, 0) is 19.0 Å². The summed E-state index contributed by atoms with van der Waals surface area (Å²) in [7, 11) is 0. The smallest absolute Gasteiger partial charge is 0.322 e. The van der Waals surface area contributed by atoms with Gasteiger partial charge in [0.25, 0.3) is 11.5 Å². The van der Waals surface area contributed by atoms with Crippen LogP contribution in [0.1, 0.15) is 39.9 Å². The van der Waals surface area contributed by atoms with E-state index in [1.165, 1.54) is 12.1 Å². The third kappa shape index (κ3) is 3.28. The molecule has 1 aliphatic rings. The van der Waals surface area contributed by atoms with Gasteiger partial charge in [-0.25, -0.2) is 0 Å². The fourth-order valence-electron chi connectivity index (χ4n) is 3.77. The second kappa shape index (κ2) is 6.82. The first-order chi connectivity index (χ1) is 13.3. The van der Waals surface area contributed by atoms with Crippen molar-refractivity contribution in [1.29, 1.82) is 0 Å². The molecule has 28 heavy (non-hydrogen) atoms. The number of rotatable bonds is 2. The Bertz CT molecular complexity index is 1130. The Labute approximate surface area is 158 Å². The zero-order chi connectivity index (χ0) is 19.9. The number of amides is 1. The maximum absolute atomic E-state index is 13.1. The minimum absolute atomic E-state index is 0.145. The van der Waals surface area contributed by atoms with Gasteiger partial charge in [0.1, 0.15) is 0 Å². The molecule has 4 nitrogen and oxygen atoms in total. The topological polar surface area (TPSA) is 62.0 Å². The lowest BCUT2D eigenvalue weighted by Gasteiger charge is -2.17. The predicted octanol–water partition coefficient (Wildman–Crippen LogP) is 4.68. The molecule has 0 aliphatic heterocycles. The number of aryl methyl sites for hydroxylation is 1. The fraction of sp³-hybridized carbons (Fsp3) is 0.238. The number of aromatic nitrogens is 1. The number of H-pyrrole nitrogens is 1. The molecule has 1 amide bonds. The number of hydrogen-bond donors (Lipinski definition) is 2. The van der Waals surface area contributed by atoms with Crippen LogP contribution in [0.4, 0.5) is 18.9 Å². The van der Waals surface area contributed by atoms with Crippen LogP contribution in [0.2, 0.25) is 0 Å². The number of pyridine rings is 1. The average Bonchev–Trinajstić information content (AvgIpc) is 2.67. The number of alkyl halides is 3. The molecule has 0 spiro atoms. The molecule has 0 unspecified atom stereocenters. The predicted molar refractivity (Wildman–Crippen MR) is 101 cm³/mol. The van der Waals surface area contributed by atoms with Crippen LogP contribution in [-0.4, -0.2) is 10.9 Å². The van der Waals surface area contributed by atoms with Crippen LogP contribution in [0.15, 0.2) is 47.3 Å². The third-order valence-corrected chi connectivity index (χ3v) is 5.07. The number of nitrogens with one attached hydrogen (secondary N) is 2. The van der Waals surface area contributed by atoms with E-state index < -0.39 is 23.2 Å². The first kappa shape index (κ1) is 18.3. The van der Waals surface area contributed by atoms with E-state index in [-0.39, 0.29) is 5.56 Å². The lowest BCUT2D eigenvalue weighted by atomic mass is 9.90. The van der Waals surface area contributed by atoms with Gasteiger partial charge in [0, 0.05) is 16.6 Å². The zero-order valence-corrected chi connectivity index (χ0v) is 14.8. The van der Waals surface area contributed by atoms with Gasteiger partial charge in [0.05, 0.1) is 16.6 Å². The first-order valence-corrected chi connectivity index (χ1v) is 9.00. The minimum atomic E-state index is -4.62. The second-order valence-electron chi connectivity index (χ2n) is 6.88. The van der Waals surface area contributed by atoms with E-state index in [0.29, 0.717) is 11.2 Å². The van der Waals surface area contributed by atoms with Crippen LogP contribution < -0.4 is 10.9 Å². The van der Waals surface area contributed by atoms with Crippen LogP contribution in [0.25, 0.3) is 10.9 Å². The van der Waals surface area contributed by atoms with Crippen molar-refractivity contribution in [3.63, 3.8) is 0 Å². The summed E-state index contributed by atoms with van der Waals surface area (Å²) in [6.45, 7) is 0. The van der Waals surface area contributed by atoms with Gasteiger partial charge in [-0.15, -0.1) is 0 Å². The van der Waals surface area contributed by atoms with Gasteiger partial charge in [-0.2, -0.15) is 13.2 Å². The van der Waals surface area contributed by atoms with Gasteiger partial charge < -0.3 is 10.3 Å². The Morgan fingerprint density at radius 1 is 1.00 bits per heavy atom. The number of hydrogen-bond acceptors (Lipinski definition) is 2. The van der Waals surface area contributed by atoms with Crippen molar-refractivity contribution in [2.24, 2.45) is 0 Å². The summed E-state index contributed by atoms with van der Waals surface area (Å²) >= 11 is 0. The molecule has 1 aromatic heterocycles. The van der Waals surface area contributed by atoms with Crippen molar-refractivity contribution >= 4 is 22.5 Å². The zero-order valence-electron chi connectivity index (χ0n) is 14.8. The van der Waals surface area contributed by atoms with Crippen molar-refractivity contribution in [1.82, 2.24) is 4.98 Å². The van der Waals surface area contributed by atoms with Crippen molar-refractivity contribution in [3.05, 3.63) is 75.1 Å². The molecule has 7 heteroatoms. The molecule has 1 heterocycles. The largest absolute Gasteiger partial charge is 0.417 e. The normalized spacial score (nSPS) is 14.0. The summed E-state index contributed by atoms with van der Waals surface area (Å²) in [6, 6.07) is 9.65. The van der Waals surface area contributed by atoms with E-state index in [9.17, 15) is 22.8 Å². The Morgan fingerprint density at radius 2 is 1.71 bits per heavy atom. The van der Waals surface area contributed by atoms with Crippen LogP contribution in [0, 0.1) is 0 Å². The van der Waals surface area contributed by atoms with E-state index in [4.69, 9.17) is 0 Å². The molecule has 1 aliphatic carbocycles. The number of benzene rings is 2. The fourth-order valence-corrected chi connectivity index (χ4v) is 3.77. The molecule has 0 fully saturated rings. The van der Waals surface area contributed by atoms with Gasteiger partial charge in [-0.3, -0.25) is 9.59 Å². The third-order valence-electron chi connectivity index (χ3n) is 5.07. The molecule has 4 rings (SSSR count). The lowest BCUT2D eigenvalue weighted by molar-refractivity contribution is -0.137. The number of fused-ring (bicyclic) bond motifs is 3. The highest BCUT2D eigenvalue weighted by Gasteiger charge is 2.34. The summed E-state index contributed by atoms with van der Waals surface area (Å²) in [6.07, 6.45) is -1.07. The average molecular weight is 386 g/mol. The van der Waals surface area contributed by atoms with Crippen molar-refractivity contribution in [3.8, 4) is 0 Å². The molecule has 2 N–H and O–H groups in total. The van der Waals surface area contributed by atoms with Crippen LogP contribution >= 0.6 is 0 Å². The number of carbonyl (C=O) groups excluding carboxylic acids is 1. The molecule has 144 valence electrons. The van der Waals surface area contributed by atoms with Gasteiger partial charge in [-0.05, 0) is 55.5 Å². The van der Waals surface area contributed by atoms with Gasteiger partial charge in [-0.1, -0.05) is 18.2 Å². The molecule has 0 atom stereocenters. The molecule has 0 saturated carbocycles. The monoisotopic (exact) mass is 386 g/mol. The van der Waals surface area contributed by atoms with Crippen LogP contribution in [0.5, 0.6) is 0 Å². The quantitative estimate of drug-likeness (QED) is 0.672. The summed E-state index contributed by atoms with van der Waals surface area (Å²) in [5.74, 6) is -0.854. The van der Waals surface area contributed by atoms with Crippen molar-refractivity contribution in [2.45, 2.75) is 31.9 Å². The maximum Gasteiger partial charge on any atom is 0.417 e. The minimum Gasteiger partial charge on any atom is -0.322 e. The second-order valence-corrected chi connectivity index (χ2v) is 6.88. The van der Waals surface area contributed by atoms with Gasteiger partial charge in [0.2, 0.25) is 0 Å². The molecule has 3 aromatic rings. The number of aromatic amines is 1. The van der Waals surface area contributed by atoms with E-state index in [2.05, 4.69) is 10.3 Å². The van der Waals surface area contributed by atoms with E-state index >= 15 is 0 Å². The standard InChI is InChI=1S/C21H17F3N2O2/c22-21(23,24)17-8-4-3-7-16(17)20(28)25-12-9-10-14-13-5-1-2-6-15(13)19(27)26-18(14)11-12/h3-4,7-11H,1-2,5-6H2,(H,25,28)(H,26,27). The van der Waals surface area contributed by atoms with Gasteiger partial charge >= 0.3 is 6.18 Å². The van der Waals surface area contributed by atoms with Gasteiger partial charge in [0.15, 0.2) is 0 Å². The highest BCUT2D eigenvalue weighted by Crippen LogP contribution is 2.32. The summed E-state index contributed by atoms with van der Waals surface area (Å²) in [5.41, 5.74) is 1.12. The van der Waals surface area contributed by atoms with E-state index in [1.54, 1.807) is 18.2 Å². The summed E-state index contributed by atoms with van der Waals surface area (Å²) < 4.78 is 39.4. The molecule has 0 saturated heterocycles. The lowest BCUT2D eigenvalue weighted by Crippen LogP contribution is -2.20. The molecule has 0 bridgehead atoms. The SMILES string of the molecule is O=C(Nc1ccc2c3c(c(=O)[nH]c2c1)CCCC3)c1ccccc1C(F)(F)F.